The molecule has 5 heteroatoms. The molecule has 5 nitrogen and oxygen atoms in total. The maximum absolute atomic E-state index is 10.6. The number of aliphatic hydroxyl groups is 2. The summed E-state index contributed by atoms with van der Waals surface area (Å²) in [6.07, 6.45) is -3.44. The lowest BCUT2D eigenvalue weighted by atomic mass is 9.83. The van der Waals surface area contributed by atoms with Crippen LogP contribution >= 0.6 is 0 Å². The number of carboxylic acid groups (broad SMARTS) is 1. The van der Waals surface area contributed by atoms with E-state index in [2.05, 4.69) is 0 Å². The second kappa shape index (κ2) is 3.61. The Morgan fingerprint density at radius 1 is 1.23 bits per heavy atom. The second-order valence-corrected chi connectivity index (χ2v) is 3.49. The summed E-state index contributed by atoms with van der Waals surface area (Å²) in [4.78, 5) is 10.6. The maximum Gasteiger partial charge on any atom is 0.333 e. The summed E-state index contributed by atoms with van der Waals surface area (Å²) in [5.74, 6) is -1.70. The van der Waals surface area contributed by atoms with Crippen LogP contribution in [0.4, 0.5) is 0 Å². The Bertz CT molecular complexity index is 205. The molecule has 0 aromatic rings. The molecule has 0 aromatic carbocycles. The molecule has 1 fully saturated rings. The third kappa shape index (κ3) is 1.82. The van der Waals surface area contributed by atoms with Crippen molar-refractivity contribution < 1.29 is 24.9 Å². The van der Waals surface area contributed by atoms with E-state index in [0.29, 0.717) is 0 Å². The van der Waals surface area contributed by atoms with Gasteiger partial charge in [-0.05, 0) is 11.8 Å². The summed E-state index contributed by atoms with van der Waals surface area (Å²) in [7, 11) is 0. The van der Waals surface area contributed by atoms with Crippen molar-refractivity contribution in [1.82, 2.24) is 0 Å². The van der Waals surface area contributed by atoms with Crippen molar-refractivity contribution in [3.8, 4) is 0 Å². The van der Waals surface area contributed by atoms with Gasteiger partial charge in [0, 0.05) is 0 Å². The molecule has 0 aliphatic carbocycles. The van der Waals surface area contributed by atoms with Crippen LogP contribution in [0.25, 0.3) is 0 Å². The Hall–Kier alpha value is -0.650. The SMILES string of the molecule is C[C@H]1[C@H](C)[C@@H](C(=O)O)O[C@@H](O)[C@@H]1O. The average Bonchev–Trinajstić information content (AvgIpc) is 2.07. The fourth-order valence-corrected chi connectivity index (χ4v) is 1.48. The molecule has 0 radical (unpaired) electrons. The van der Waals surface area contributed by atoms with E-state index < -0.39 is 24.5 Å². The Morgan fingerprint density at radius 3 is 2.23 bits per heavy atom. The maximum atomic E-state index is 10.6. The molecule has 0 spiro atoms. The highest BCUT2D eigenvalue weighted by molar-refractivity contribution is 5.72. The topological polar surface area (TPSA) is 87.0 Å². The normalized spacial score (nSPS) is 46.0. The average molecular weight is 190 g/mol. The van der Waals surface area contributed by atoms with E-state index in [1.165, 1.54) is 0 Å². The summed E-state index contributed by atoms with van der Waals surface area (Å²) in [5, 5.41) is 27.2. The first-order valence-electron chi connectivity index (χ1n) is 4.19. The number of rotatable bonds is 1. The molecular formula is C8H14O5. The minimum Gasteiger partial charge on any atom is -0.479 e. The van der Waals surface area contributed by atoms with Gasteiger partial charge in [-0.1, -0.05) is 13.8 Å². The van der Waals surface area contributed by atoms with Gasteiger partial charge in [-0.2, -0.15) is 0 Å². The van der Waals surface area contributed by atoms with Gasteiger partial charge in [0.15, 0.2) is 12.4 Å². The summed E-state index contributed by atoms with van der Waals surface area (Å²) in [6.45, 7) is 3.37. The van der Waals surface area contributed by atoms with Crippen LogP contribution in [0.5, 0.6) is 0 Å². The van der Waals surface area contributed by atoms with E-state index in [1.807, 2.05) is 0 Å². The highest BCUT2D eigenvalue weighted by atomic mass is 16.6. The number of ether oxygens (including phenoxy) is 1. The summed E-state index contributed by atoms with van der Waals surface area (Å²) < 4.78 is 4.75. The number of aliphatic hydroxyl groups excluding tert-OH is 2. The van der Waals surface area contributed by atoms with E-state index in [-0.39, 0.29) is 11.8 Å². The third-order valence-electron chi connectivity index (χ3n) is 2.67. The van der Waals surface area contributed by atoms with E-state index in [1.54, 1.807) is 13.8 Å². The van der Waals surface area contributed by atoms with Crippen LogP contribution in [0, 0.1) is 11.8 Å². The molecule has 1 saturated heterocycles. The Kier molecular flexibility index (Phi) is 2.90. The first-order chi connectivity index (χ1) is 5.95. The molecular weight excluding hydrogens is 176 g/mol. The van der Waals surface area contributed by atoms with Crippen LogP contribution in [0.3, 0.4) is 0 Å². The van der Waals surface area contributed by atoms with Crippen LogP contribution in [-0.2, 0) is 9.53 Å². The van der Waals surface area contributed by atoms with E-state index in [9.17, 15) is 9.90 Å². The van der Waals surface area contributed by atoms with Gasteiger partial charge in [0.2, 0.25) is 0 Å². The third-order valence-corrected chi connectivity index (χ3v) is 2.67. The van der Waals surface area contributed by atoms with Crippen molar-refractivity contribution in [2.45, 2.75) is 32.3 Å². The minimum absolute atomic E-state index is 0.287. The lowest BCUT2D eigenvalue weighted by Crippen LogP contribution is -2.51. The van der Waals surface area contributed by atoms with Crippen LogP contribution in [-0.4, -0.2) is 39.8 Å². The van der Waals surface area contributed by atoms with Crippen molar-refractivity contribution in [3.63, 3.8) is 0 Å². The van der Waals surface area contributed by atoms with Crippen LogP contribution in [0.15, 0.2) is 0 Å². The highest BCUT2D eigenvalue weighted by Crippen LogP contribution is 2.29. The standard InChI is InChI=1S/C8H14O5/c1-3-4(2)6(7(10)11)13-8(12)5(3)9/h3-6,8-9,12H,1-2H3,(H,10,11)/t3-,4-,5+,6-,8+/m0/s1. The molecule has 5 atom stereocenters. The smallest absolute Gasteiger partial charge is 0.333 e. The van der Waals surface area contributed by atoms with Gasteiger partial charge in [-0.15, -0.1) is 0 Å². The van der Waals surface area contributed by atoms with Crippen LogP contribution in [0.2, 0.25) is 0 Å². The number of aliphatic carboxylic acids is 1. The predicted octanol–water partition coefficient (Wildman–Crippen LogP) is -0.579. The monoisotopic (exact) mass is 190 g/mol. The van der Waals surface area contributed by atoms with E-state index >= 15 is 0 Å². The van der Waals surface area contributed by atoms with Gasteiger partial charge in [0.05, 0.1) is 0 Å². The van der Waals surface area contributed by atoms with Crippen molar-refractivity contribution in [1.29, 1.82) is 0 Å². The minimum atomic E-state index is -1.40. The number of hydrogen-bond acceptors (Lipinski definition) is 4. The molecule has 0 amide bonds. The molecule has 1 heterocycles. The molecule has 0 unspecified atom stereocenters. The molecule has 1 rings (SSSR count). The van der Waals surface area contributed by atoms with Gasteiger partial charge < -0.3 is 20.1 Å². The second-order valence-electron chi connectivity index (χ2n) is 3.49. The number of carboxylic acids is 1. The van der Waals surface area contributed by atoms with E-state index in [0.717, 1.165) is 0 Å². The molecule has 0 aromatic heterocycles. The Balaban J connectivity index is 2.76. The van der Waals surface area contributed by atoms with Gasteiger partial charge in [0.1, 0.15) is 6.10 Å². The van der Waals surface area contributed by atoms with Gasteiger partial charge in [-0.25, -0.2) is 4.79 Å². The molecule has 0 bridgehead atoms. The molecule has 76 valence electrons. The fraction of sp³-hybridized carbons (Fsp3) is 0.875. The largest absolute Gasteiger partial charge is 0.479 e. The quantitative estimate of drug-likeness (QED) is 0.515. The van der Waals surface area contributed by atoms with Crippen LogP contribution < -0.4 is 0 Å². The summed E-state index contributed by atoms with van der Waals surface area (Å²) in [6, 6.07) is 0. The molecule has 0 saturated carbocycles. The summed E-state index contributed by atoms with van der Waals surface area (Å²) in [5.41, 5.74) is 0. The number of hydrogen-bond donors (Lipinski definition) is 3. The lowest BCUT2D eigenvalue weighted by Gasteiger charge is -2.38. The Morgan fingerprint density at radius 2 is 1.77 bits per heavy atom. The van der Waals surface area contributed by atoms with Crippen molar-refractivity contribution in [2.24, 2.45) is 11.8 Å². The van der Waals surface area contributed by atoms with E-state index in [4.69, 9.17) is 14.9 Å². The molecule has 13 heavy (non-hydrogen) atoms. The predicted molar refractivity (Wildman–Crippen MR) is 42.9 cm³/mol. The van der Waals surface area contributed by atoms with Crippen molar-refractivity contribution >= 4 is 5.97 Å². The first-order valence-corrected chi connectivity index (χ1v) is 4.19. The van der Waals surface area contributed by atoms with Gasteiger partial charge in [0.25, 0.3) is 0 Å². The van der Waals surface area contributed by atoms with Gasteiger partial charge in [-0.3, -0.25) is 0 Å². The van der Waals surface area contributed by atoms with Crippen LogP contribution in [0.1, 0.15) is 13.8 Å². The van der Waals surface area contributed by atoms with Gasteiger partial charge >= 0.3 is 5.97 Å². The molecule has 1 aliphatic heterocycles. The fourth-order valence-electron chi connectivity index (χ4n) is 1.48. The number of carbonyl (C=O) groups is 1. The lowest BCUT2D eigenvalue weighted by molar-refractivity contribution is -0.251. The zero-order chi connectivity index (χ0) is 10.2. The first kappa shape index (κ1) is 10.4. The van der Waals surface area contributed by atoms with Crippen molar-refractivity contribution in [3.05, 3.63) is 0 Å². The summed E-state index contributed by atoms with van der Waals surface area (Å²) >= 11 is 0. The Labute approximate surface area is 75.9 Å². The zero-order valence-electron chi connectivity index (χ0n) is 7.54. The van der Waals surface area contributed by atoms with Crippen molar-refractivity contribution in [2.75, 3.05) is 0 Å². The highest BCUT2D eigenvalue weighted by Gasteiger charge is 2.42. The molecule has 1 aliphatic rings. The molecule has 3 N–H and O–H groups in total. The zero-order valence-corrected chi connectivity index (χ0v) is 7.54.